The minimum absolute atomic E-state index is 0.313. The smallest absolute Gasteiger partial charge is 0.321 e. The number of imide groups is 1. The molecule has 1 saturated heterocycles. The Hall–Kier alpha value is -2.56. The van der Waals surface area contributed by atoms with Crippen molar-refractivity contribution in [2.24, 2.45) is 0 Å². The quantitative estimate of drug-likeness (QED) is 0.496. The Kier molecular flexibility index (Phi) is 4.77. The molecule has 142 valence electrons. The summed E-state index contributed by atoms with van der Waals surface area (Å²) in [5.74, 6) is -0.785. The third-order valence-electron chi connectivity index (χ3n) is 4.26. The molecule has 1 aliphatic rings. The van der Waals surface area contributed by atoms with Crippen molar-refractivity contribution in [3.63, 3.8) is 0 Å². The van der Waals surface area contributed by atoms with Crippen LogP contribution in [-0.2, 0) is 10.3 Å². The van der Waals surface area contributed by atoms with Gasteiger partial charge in [0.15, 0.2) is 0 Å². The molecule has 1 unspecified atom stereocenters. The number of anilines is 1. The van der Waals surface area contributed by atoms with Gasteiger partial charge in [0.05, 0.1) is 4.88 Å². The molecule has 1 fully saturated rings. The molecule has 0 radical (unpaired) electrons. The number of carbonyl (C=O) groups is 3. The number of hydrogen-bond acceptors (Lipinski definition) is 6. The fourth-order valence-electron chi connectivity index (χ4n) is 2.77. The number of aromatic nitrogens is 1. The molecule has 3 aromatic rings. The number of amides is 4. The average Bonchev–Trinajstić information content (AvgIpc) is 3.35. The Morgan fingerprint density at radius 3 is 2.71 bits per heavy atom. The van der Waals surface area contributed by atoms with Crippen LogP contribution in [0, 0.1) is 0 Å². The second kappa shape index (κ2) is 7.12. The zero-order chi connectivity index (χ0) is 19.9. The van der Waals surface area contributed by atoms with E-state index in [1.165, 1.54) is 11.3 Å². The van der Waals surface area contributed by atoms with Crippen molar-refractivity contribution in [3.8, 4) is 9.88 Å². The van der Waals surface area contributed by atoms with Gasteiger partial charge in [0.1, 0.15) is 16.2 Å². The fourth-order valence-corrected chi connectivity index (χ4v) is 5.07. The van der Waals surface area contributed by atoms with E-state index in [-0.39, 0.29) is 5.91 Å². The maximum absolute atomic E-state index is 12.6. The SMILES string of the molecule is CC1(c2cccc(NC(=O)c3csc(-c4cc(Br)cs4)n3)c2)NC(=O)NC1=O. The van der Waals surface area contributed by atoms with Gasteiger partial charge in [0.2, 0.25) is 0 Å². The van der Waals surface area contributed by atoms with Gasteiger partial charge in [-0.1, -0.05) is 12.1 Å². The number of halogens is 1. The number of hydrogen-bond donors (Lipinski definition) is 3. The summed E-state index contributed by atoms with van der Waals surface area (Å²) in [5.41, 5.74) is 0.202. The topological polar surface area (TPSA) is 100 Å². The van der Waals surface area contributed by atoms with E-state index in [0.717, 1.165) is 14.4 Å². The Labute approximate surface area is 176 Å². The maximum atomic E-state index is 12.6. The molecule has 0 spiro atoms. The largest absolute Gasteiger partial charge is 0.322 e. The van der Waals surface area contributed by atoms with Gasteiger partial charge < -0.3 is 10.6 Å². The van der Waals surface area contributed by atoms with Crippen LogP contribution in [0.1, 0.15) is 23.0 Å². The number of thiazole rings is 1. The van der Waals surface area contributed by atoms with Crippen LogP contribution in [0.25, 0.3) is 9.88 Å². The van der Waals surface area contributed by atoms with Crippen molar-refractivity contribution in [3.05, 3.63) is 56.8 Å². The predicted octanol–water partition coefficient (Wildman–Crippen LogP) is 3.94. The van der Waals surface area contributed by atoms with Gasteiger partial charge in [-0.05, 0) is 46.6 Å². The Morgan fingerprint density at radius 1 is 1.21 bits per heavy atom. The van der Waals surface area contributed by atoms with E-state index < -0.39 is 17.5 Å². The normalized spacial score (nSPS) is 18.6. The summed E-state index contributed by atoms with van der Waals surface area (Å²) < 4.78 is 0.974. The van der Waals surface area contributed by atoms with E-state index in [2.05, 4.69) is 36.9 Å². The van der Waals surface area contributed by atoms with E-state index in [0.29, 0.717) is 16.9 Å². The summed E-state index contributed by atoms with van der Waals surface area (Å²) >= 11 is 6.35. The summed E-state index contributed by atoms with van der Waals surface area (Å²) in [7, 11) is 0. The lowest BCUT2D eigenvalue weighted by atomic mass is 9.92. The van der Waals surface area contributed by atoms with Crippen LogP contribution in [0.15, 0.2) is 45.6 Å². The zero-order valence-corrected chi connectivity index (χ0v) is 17.6. The molecular weight excluding hydrogens is 464 g/mol. The molecule has 3 N–H and O–H groups in total. The lowest BCUT2D eigenvalue weighted by Crippen LogP contribution is -2.40. The van der Waals surface area contributed by atoms with E-state index in [9.17, 15) is 14.4 Å². The van der Waals surface area contributed by atoms with E-state index in [1.54, 1.807) is 47.9 Å². The molecule has 1 aromatic carbocycles. The van der Waals surface area contributed by atoms with Gasteiger partial charge in [-0.15, -0.1) is 22.7 Å². The summed E-state index contributed by atoms with van der Waals surface area (Å²) in [6.07, 6.45) is 0. The molecule has 4 amide bonds. The molecule has 0 saturated carbocycles. The summed E-state index contributed by atoms with van der Waals surface area (Å²) in [5, 5.41) is 12.1. The van der Waals surface area contributed by atoms with Crippen LogP contribution in [0.3, 0.4) is 0 Å². The molecule has 3 heterocycles. The third-order valence-corrected chi connectivity index (χ3v) is 6.96. The van der Waals surface area contributed by atoms with Crippen LogP contribution in [-0.4, -0.2) is 22.8 Å². The van der Waals surface area contributed by atoms with Crippen LogP contribution in [0.4, 0.5) is 10.5 Å². The first-order valence-electron chi connectivity index (χ1n) is 8.10. The second-order valence-electron chi connectivity index (χ2n) is 6.24. The number of nitrogens with one attached hydrogen (secondary N) is 3. The molecule has 0 bridgehead atoms. The lowest BCUT2D eigenvalue weighted by molar-refractivity contribution is -0.123. The molecule has 10 heteroatoms. The van der Waals surface area contributed by atoms with Crippen molar-refractivity contribution in [1.82, 2.24) is 15.6 Å². The number of benzene rings is 1. The van der Waals surface area contributed by atoms with E-state index >= 15 is 0 Å². The molecular formula is C18H13BrN4O3S2. The summed E-state index contributed by atoms with van der Waals surface area (Å²) in [6.45, 7) is 1.61. The highest BCUT2D eigenvalue weighted by atomic mass is 79.9. The average molecular weight is 477 g/mol. The molecule has 7 nitrogen and oxygen atoms in total. The second-order valence-corrected chi connectivity index (χ2v) is 8.92. The van der Waals surface area contributed by atoms with Crippen LogP contribution < -0.4 is 16.0 Å². The summed E-state index contributed by atoms with van der Waals surface area (Å²) in [6, 6.07) is 8.21. The summed E-state index contributed by atoms with van der Waals surface area (Å²) in [4.78, 5) is 41.5. The van der Waals surface area contributed by atoms with Gasteiger partial charge in [-0.3, -0.25) is 14.9 Å². The highest BCUT2D eigenvalue weighted by Crippen LogP contribution is 2.32. The Balaban J connectivity index is 1.54. The Morgan fingerprint density at radius 2 is 2.04 bits per heavy atom. The van der Waals surface area contributed by atoms with Gasteiger partial charge in [0, 0.05) is 20.9 Å². The number of thiophene rings is 1. The first-order chi connectivity index (χ1) is 13.3. The van der Waals surface area contributed by atoms with Crippen molar-refractivity contribution in [1.29, 1.82) is 0 Å². The minimum Gasteiger partial charge on any atom is -0.321 e. The lowest BCUT2D eigenvalue weighted by Gasteiger charge is -2.21. The van der Waals surface area contributed by atoms with Gasteiger partial charge in [0.25, 0.3) is 11.8 Å². The molecule has 1 aliphatic heterocycles. The van der Waals surface area contributed by atoms with Crippen LogP contribution >= 0.6 is 38.6 Å². The molecule has 0 aliphatic carbocycles. The van der Waals surface area contributed by atoms with Crippen LogP contribution in [0.2, 0.25) is 0 Å². The first-order valence-corrected chi connectivity index (χ1v) is 10.7. The number of nitrogens with zero attached hydrogens (tertiary/aromatic N) is 1. The van der Waals surface area contributed by atoms with Crippen LogP contribution in [0.5, 0.6) is 0 Å². The molecule has 4 rings (SSSR count). The van der Waals surface area contributed by atoms with Gasteiger partial charge >= 0.3 is 6.03 Å². The standard InChI is InChI=1S/C18H13BrN4O3S2/c1-18(16(25)22-17(26)23-18)9-3-2-4-11(5-9)20-14(24)12-8-28-15(21-12)13-6-10(19)7-27-13/h2-8H,1H3,(H,20,24)(H2,22,23,25,26). The zero-order valence-electron chi connectivity index (χ0n) is 14.4. The Bertz CT molecular complexity index is 1110. The molecule has 1 atom stereocenters. The maximum Gasteiger partial charge on any atom is 0.322 e. The van der Waals surface area contributed by atoms with Crippen molar-refractivity contribution < 1.29 is 14.4 Å². The van der Waals surface area contributed by atoms with Crippen molar-refractivity contribution in [2.75, 3.05) is 5.32 Å². The molecule has 2 aromatic heterocycles. The monoisotopic (exact) mass is 476 g/mol. The fraction of sp³-hybridized carbons (Fsp3) is 0.111. The highest BCUT2D eigenvalue weighted by molar-refractivity contribution is 9.10. The third kappa shape index (κ3) is 3.46. The highest BCUT2D eigenvalue weighted by Gasteiger charge is 2.43. The number of urea groups is 1. The van der Waals surface area contributed by atoms with Gasteiger partial charge in [-0.25, -0.2) is 9.78 Å². The molecule has 28 heavy (non-hydrogen) atoms. The number of rotatable bonds is 4. The predicted molar refractivity (Wildman–Crippen MR) is 112 cm³/mol. The van der Waals surface area contributed by atoms with E-state index in [1.807, 2.05) is 11.4 Å². The minimum atomic E-state index is -1.18. The first kappa shape index (κ1) is 18.8. The van der Waals surface area contributed by atoms with Crippen molar-refractivity contribution >= 4 is 62.1 Å². The van der Waals surface area contributed by atoms with Gasteiger partial charge in [-0.2, -0.15) is 0 Å². The number of carbonyl (C=O) groups excluding carboxylic acids is 3. The van der Waals surface area contributed by atoms with Crippen molar-refractivity contribution in [2.45, 2.75) is 12.5 Å². The van der Waals surface area contributed by atoms with E-state index in [4.69, 9.17) is 0 Å².